The summed E-state index contributed by atoms with van der Waals surface area (Å²) in [6.07, 6.45) is 1.44. The first-order valence-corrected chi connectivity index (χ1v) is 8.00. The van der Waals surface area contributed by atoms with Crippen molar-refractivity contribution in [3.05, 3.63) is 22.1 Å². The quantitative estimate of drug-likeness (QED) is 0.380. The lowest BCUT2D eigenvalue weighted by atomic mass is 9.94. The van der Waals surface area contributed by atoms with Gasteiger partial charge in [-0.3, -0.25) is 9.59 Å². The predicted molar refractivity (Wildman–Crippen MR) is 85.4 cm³/mol. The summed E-state index contributed by atoms with van der Waals surface area (Å²) >= 11 is 1.47. The molecule has 0 aliphatic carbocycles. The maximum absolute atomic E-state index is 11.6. The smallest absolute Gasteiger partial charge is 0.251 e. The number of hydrogen-bond acceptors (Lipinski definition) is 5. The Balaban J connectivity index is 2.51. The zero-order valence-electron chi connectivity index (χ0n) is 13.0. The van der Waals surface area contributed by atoms with Crippen molar-refractivity contribution in [1.29, 1.82) is 0 Å². The molecule has 0 aliphatic rings. The molecule has 0 saturated carbocycles. The summed E-state index contributed by atoms with van der Waals surface area (Å²) in [6, 6.07) is 1.64. The summed E-state index contributed by atoms with van der Waals surface area (Å²) in [4.78, 5) is 29.9. The molecule has 0 fully saturated rings. The number of thioether (sulfide) groups is 1. The van der Waals surface area contributed by atoms with Crippen LogP contribution >= 0.6 is 11.8 Å². The number of aromatic nitrogens is 2. The molecule has 1 unspecified atom stereocenters. The van der Waals surface area contributed by atoms with Crippen LogP contribution in [0.1, 0.15) is 39.3 Å². The Morgan fingerprint density at radius 1 is 1.57 bits per heavy atom. The van der Waals surface area contributed by atoms with E-state index in [1.807, 2.05) is 20.8 Å². The van der Waals surface area contributed by atoms with E-state index in [-0.39, 0.29) is 17.5 Å². The fourth-order valence-electron chi connectivity index (χ4n) is 2.12. The molecular weight excluding hydrogens is 288 g/mol. The number of H-pyrrole nitrogens is 1. The molecule has 0 radical (unpaired) electrons. The molecule has 1 rings (SSSR count). The summed E-state index contributed by atoms with van der Waals surface area (Å²) in [5.41, 5.74) is 5.33. The average molecular weight is 312 g/mol. The van der Waals surface area contributed by atoms with Gasteiger partial charge in [0.15, 0.2) is 5.16 Å². The minimum atomic E-state index is -0.706. The molecule has 1 amide bonds. The van der Waals surface area contributed by atoms with Crippen LogP contribution in [-0.4, -0.2) is 33.2 Å². The highest BCUT2D eigenvalue weighted by molar-refractivity contribution is 7.99. The van der Waals surface area contributed by atoms with Crippen LogP contribution in [0.25, 0.3) is 0 Å². The molecule has 118 valence electrons. The van der Waals surface area contributed by atoms with Crippen LogP contribution in [0.2, 0.25) is 0 Å². The van der Waals surface area contributed by atoms with Gasteiger partial charge in [-0.25, -0.2) is 4.98 Å². The van der Waals surface area contributed by atoms with Crippen LogP contribution in [0.4, 0.5) is 0 Å². The number of carbonyl (C=O) groups excluding carboxylic acids is 1. The van der Waals surface area contributed by atoms with Crippen molar-refractivity contribution in [1.82, 2.24) is 15.3 Å². The minimum absolute atomic E-state index is 0.145. The number of nitrogens with two attached hydrogens (primary N) is 1. The monoisotopic (exact) mass is 312 g/mol. The molecule has 1 aromatic rings. The number of aryl methyl sites for hydroxylation is 1. The van der Waals surface area contributed by atoms with Crippen LogP contribution in [0.3, 0.4) is 0 Å². The van der Waals surface area contributed by atoms with E-state index in [4.69, 9.17) is 5.73 Å². The highest BCUT2D eigenvalue weighted by Crippen LogP contribution is 2.18. The molecule has 0 spiro atoms. The zero-order chi connectivity index (χ0) is 16.0. The number of rotatable bonds is 8. The summed E-state index contributed by atoms with van der Waals surface area (Å²) in [5.74, 6) is 0.415. The van der Waals surface area contributed by atoms with Gasteiger partial charge in [-0.05, 0) is 40.5 Å². The number of carbonyl (C=O) groups is 1. The maximum atomic E-state index is 11.6. The number of amides is 1. The molecule has 0 aliphatic heterocycles. The summed E-state index contributed by atoms with van der Waals surface area (Å²) in [7, 11) is 0. The third-order valence-corrected chi connectivity index (χ3v) is 4.02. The topological polar surface area (TPSA) is 101 Å². The van der Waals surface area contributed by atoms with Gasteiger partial charge in [-0.2, -0.15) is 0 Å². The lowest BCUT2D eigenvalue weighted by Crippen LogP contribution is -2.55. The molecule has 7 heteroatoms. The molecule has 4 N–H and O–H groups in total. The first-order valence-electron chi connectivity index (χ1n) is 7.01. The van der Waals surface area contributed by atoms with Gasteiger partial charge in [0.1, 0.15) is 0 Å². The van der Waals surface area contributed by atoms with Crippen molar-refractivity contribution in [3.63, 3.8) is 0 Å². The molecule has 0 bridgehead atoms. The van der Waals surface area contributed by atoms with E-state index in [0.717, 1.165) is 12.2 Å². The van der Waals surface area contributed by atoms with E-state index in [1.54, 1.807) is 6.92 Å². The van der Waals surface area contributed by atoms with Crippen molar-refractivity contribution < 1.29 is 4.79 Å². The third kappa shape index (κ3) is 5.89. The fraction of sp³-hybridized carbons (Fsp3) is 0.643. The van der Waals surface area contributed by atoms with Gasteiger partial charge in [-0.1, -0.05) is 11.8 Å². The van der Waals surface area contributed by atoms with E-state index < -0.39 is 5.54 Å². The molecule has 1 atom stereocenters. The highest BCUT2D eigenvalue weighted by atomic mass is 32.2. The van der Waals surface area contributed by atoms with Gasteiger partial charge in [0, 0.05) is 23.6 Å². The Bertz CT molecular complexity index is 544. The van der Waals surface area contributed by atoms with Crippen LogP contribution in [0, 0.1) is 6.92 Å². The molecule has 6 nitrogen and oxygen atoms in total. The van der Waals surface area contributed by atoms with Crippen LogP contribution in [-0.2, 0) is 4.79 Å². The molecule has 1 heterocycles. The normalized spacial score (nSPS) is 14.1. The number of hydrogen-bond donors (Lipinski definition) is 3. The van der Waals surface area contributed by atoms with E-state index in [9.17, 15) is 9.59 Å². The zero-order valence-corrected chi connectivity index (χ0v) is 13.8. The summed E-state index contributed by atoms with van der Waals surface area (Å²) in [5, 5.41) is 3.82. The number of aromatic amines is 1. The molecule has 21 heavy (non-hydrogen) atoms. The minimum Gasteiger partial charge on any atom is -0.368 e. The maximum Gasteiger partial charge on any atom is 0.251 e. The predicted octanol–water partition coefficient (Wildman–Crippen LogP) is 1.19. The highest BCUT2D eigenvalue weighted by Gasteiger charge is 2.30. The Hall–Kier alpha value is -1.34. The largest absolute Gasteiger partial charge is 0.368 e. The Morgan fingerprint density at radius 2 is 2.24 bits per heavy atom. The lowest BCUT2D eigenvalue weighted by molar-refractivity contribution is -0.124. The third-order valence-electron chi connectivity index (χ3n) is 3.06. The second-order valence-electron chi connectivity index (χ2n) is 5.64. The van der Waals surface area contributed by atoms with Crippen LogP contribution < -0.4 is 16.6 Å². The first-order chi connectivity index (χ1) is 9.73. The molecule has 1 aromatic heterocycles. The Kier molecular flexibility index (Phi) is 6.42. The van der Waals surface area contributed by atoms with E-state index >= 15 is 0 Å². The van der Waals surface area contributed by atoms with E-state index in [0.29, 0.717) is 17.3 Å². The van der Waals surface area contributed by atoms with Crippen molar-refractivity contribution in [2.24, 2.45) is 5.73 Å². The van der Waals surface area contributed by atoms with Gasteiger partial charge in [0.25, 0.3) is 5.56 Å². The Labute approximate surface area is 129 Å². The Morgan fingerprint density at radius 3 is 2.76 bits per heavy atom. The number of nitrogens with one attached hydrogen (secondary N) is 2. The molecule has 0 aromatic carbocycles. The lowest BCUT2D eigenvalue weighted by Gasteiger charge is -2.29. The number of nitrogens with zero attached hydrogens (tertiary/aromatic N) is 1. The fourth-order valence-corrected chi connectivity index (χ4v) is 2.98. The first kappa shape index (κ1) is 17.7. The standard InChI is InChI=1S/C14H24N4O2S/c1-9(2)18-14(4,12(15)20)6-5-7-21-13-16-10(3)8-11(19)17-13/h8-9,18H,5-7H2,1-4H3,(H2,15,20)(H,16,17,19). The van der Waals surface area contributed by atoms with Gasteiger partial charge in [0.2, 0.25) is 5.91 Å². The van der Waals surface area contributed by atoms with Crippen molar-refractivity contribution in [3.8, 4) is 0 Å². The molecular formula is C14H24N4O2S. The average Bonchev–Trinajstić information content (AvgIpc) is 2.32. The van der Waals surface area contributed by atoms with Gasteiger partial charge in [-0.15, -0.1) is 0 Å². The van der Waals surface area contributed by atoms with E-state index in [2.05, 4.69) is 15.3 Å². The van der Waals surface area contributed by atoms with Crippen molar-refractivity contribution in [2.45, 2.75) is 57.3 Å². The second-order valence-corrected chi connectivity index (χ2v) is 6.72. The van der Waals surface area contributed by atoms with Crippen molar-refractivity contribution >= 4 is 17.7 Å². The van der Waals surface area contributed by atoms with Crippen LogP contribution in [0.5, 0.6) is 0 Å². The van der Waals surface area contributed by atoms with E-state index in [1.165, 1.54) is 17.8 Å². The van der Waals surface area contributed by atoms with Gasteiger partial charge < -0.3 is 16.0 Å². The summed E-state index contributed by atoms with van der Waals surface area (Å²) < 4.78 is 0. The number of primary amides is 1. The van der Waals surface area contributed by atoms with Gasteiger partial charge >= 0.3 is 0 Å². The molecule has 0 saturated heterocycles. The SMILES string of the molecule is Cc1cc(=O)[nH]c(SCCCC(C)(NC(C)C)C(N)=O)n1. The van der Waals surface area contributed by atoms with Crippen molar-refractivity contribution in [2.75, 3.05) is 5.75 Å². The second kappa shape index (κ2) is 7.61. The van der Waals surface area contributed by atoms with Gasteiger partial charge in [0.05, 0.1) is 5.54 Å². The van der Waals surface area contributed by atoms with Crippen LogP contribution in [0.15, 0.2) is 16.0 Å². The summed E-state index contributed by atoms with van der Waals surface area (Å²) in [6.45, 7) is 7.58.